The van der Waals surface area contributed by atoms with Gasteiger partial charge in [-0.05, 0) is 69.1 Å². The Morgan fingerprint density at radius 3 is 2.31 bits per heavy atom. The molecule has 0 spiro atoms. The van der Waals surface area contributed by atoms with E-state index in [-0.39, 0.29) is 40.1 Å². The average Bonchev–Trinajstić information content (AvgIpc) is 3.28. The fourth-order valence-corrected chi connectivity index (χ4v) is 5.11. The van der Waals surface area contributed by atoms with Crippen LogP contribution in [-0.4, -0.2) is 46.4 Å². The van der Waals surface area contributed by atoms with E-state index in [4.69, 9.17) is 13.7 Å². The Hall–Kier alpha value is -4.25. The number of ketones is 1. The lowest BCUT2D eigenvalue weighted by molar-refractivity contribution is -0.383. The van der Waals surface area contributed by atoms with Crippen LogP contribution in [0, 0.1) is 16.0 Å². The minimum Gasteiger partial charge on any atom is -0.494 e. The Balaban J connectivity index is 1.46. The number of benzene rings is 2. The van der Waals surface area contributed by atoms with E-state index in [1.165, 1.54) is 43.9 Å². The molecule has 0 amide bonds. The minimum atomic E-state index is -1.24. The number of Topliss-reactive ketones (excluding diaryl/α,β-unsaturated/α-hetero) is 1. The Morgan fingerprint density at radius 2 is 1.67 bits per heavy atom. The molecule has 11 heteroatoms. The summed E-state index contributed by atoms with van der Waals surface area (Å²) in [7, 11) is 0. The van der Waals surface area contributed by atoms with E-state index in [1.54, 1.807) is 31.2 Å². The van der Waals surface area contributed by atoms with Gasteiger partial charge in [-0.2, -0.15) is 0 Å². The molecule has 1 atom stereocenters. The number of unbranched alkanes of at least 4 members (excludes halogenated alkanes) is 2. The molecular weight excluding hydrogens is 542 g/mol. The molecule has 0 aliphatic carbocycles. The summed E-state index contributed by atoms with van der Waals surface area (Å²) in [4.78, 5) is 50.9. The van der Waals surface area contributed by atoms with Gasteiger partial charge in [-0.1, -0.05) is 39.7 Å². The van der Waals surface area contributed by atoms with Gasteiger partial charge in [0, 0.05) is 29.7 Å². The molecule has 42 heavy (non-hydrogen) atoms. The van der Waals surface area contributed by atoms with E-state index in [0.717, 1.165) is 30.6 Å². The summed E-state index contributed by atoms with van der Waals surface area (Å²) in [5.74, 6) is -0.167. The zero-order chi connectivity index (χ0) is 30.2. The molecule has 4 rings (SSSR count). The highest BCUT2D eigenvalue weighted by Gasteiger charge is 2.28. The lowest BCUT2D eigenvalue weighted by Crippen LogP contribution is -2.28. The number of carbonyl (C=O) groups is 1. The van der Waals surface area contributed by atoms with Gasteiger partial charge in [-0.3, -0.25) is 14.9 Å². The fraction of sp³-hybridized carbons (Fsp3) is 0.452. The van der Waals surface area contributed by atoms with Gasteiger partial charge in [0.2, 0.25) is 5.71 Å². The molecule has 2 aromatic carbocycles. The van der Waals surface area contributed by atoms with E-state index in [0.29, 0.717) is 17.9 Å². The lowest BCUT2D eigenvalue weighted by Gasteiger charge is -2.21. The zero-order valence-corrected chi connectivity index (χ0v) is 24.3. The Labute approximate surface area is 242 Å². The third-order valence-electron chi connectivity index (χ3n) is 7.35. The molecule has 2 heterocycles. The third-order valence-corrected chi connectivity index (χ3v) is 7.35. The van der Waals surface area contributed by atoms with Gasteiger partial charge >= 0.3 is 11.3 Å². The number of nitro groups is 1. The quantitative estimate of drug-likeness (QED) is 0.0543. The van der Waals surface area contributed by atoms with Gasteiger partial charge in [-0.25, -0.2) is 9.59 Å². The van der Waals surface area contributed by atoms with E-state index >= 15 is 0 Å². The molecule has 0 bridgehead atoms. The first-order chi connectivity index (χ1) is 20.2. The number of non-ortho nitro benzene ring substituents is 1. The topological polar surface area (TPSA) is 138 Å². The minimum absolute atomic E-state index is 0.0121. The summed E-state index contributed by atoms with van der Waals surface area (Å²) in [5.41, 5.74) is -1.99. The molecule has 0 radical (unpaired) electrons. The highest BCUT2D eigenvalue weighted by molar-refractivity contribution is 6.00. The van der Waals surface area contributed by atoms with Gasteiger partial charge in [0.25, 0.3) is 5.69 Å². The number of carbonyl (C=O) groups excluding carboxylic acids is 1. The maximum Gasteiger partial charge on any atom is 0.442 e. The van der Waals surface area contributed by atoms with Crippen LogP contribution in [0.15, 0.2) is 61.0 Å². The van der Waals surface area contributed by atoms with Crippen molar-refractivity contribution in [3.63, 3.8) is 0 Å². The molecule has 0 saturated carbocycles. The maximum absolute atomic E-state index is 13.3. The van der Waals surface area contributed by atoms with Crippen molar-refractivity contribution in [2.24, 2.45) is 5.92 Å². The lowest BCUT2D eigenvalue weighted by atomic mass is 9.92. The molecule has 4 aromatic rings. The standard InChI is InChI=1S/C31H37N3O8/c1-4-6-16-32(17-7-5-2)18-9-19-40-23-14-12-22(13-15-23)28(35)21(3)20-24-27-25(10-8-11-26(27)34(38)39)33-29(24)41-30(36)31(37)42-33/h8,10-15,21H,4-7,9,16-20H2,1-3H3. The van der Waals surface area contributed by atoms with E-state index in [1.807, 2.05) is 0 Å². The maximum atomic E-state index is 13.3. The van der Waals surface area contributed by atoms with Crippen LogP contribution in [0.4, 0.5) is 5.69 Å². The van der Waals surface area contributed by atoms with Crippen LogP contribution in [0.5, 0.6) is 5.75 Å². The van der Waals surface area contributed by atoms with Crippen molar-refractivity contribution in [2.45, 2.75) is 59.3 Å². The first-order valence-electron chi connectivity index (χ1n) is 14.5. The summed E-state index contributed by atoms with van der Waals surface area (Å²) >= 11 is 0. The second kappa shape index (κ2) is 14.1. The molecule has 0 N–H and O–H groups in total. The normalized spacial score (nSPS) is 12.3. The van der Waals surface area contributed by atoms with Gasteiger partial charge in [-0.15, -0.1) is 4.57 Å². The number of nitro benzene ring substituents is 1. The first kappa shape index (κ1) is 30.7. The van der Waals surface area contributed by atoms with Crippen molar-refractivity contribution in [1.29, 1.82) is 0 Å². The van der Waals surface area contributed by atoms with Crippen molar-refractivity contribution in [2.75, 3.05) is 26.2 Å². The van der Waals surface area contributed by atoms with Crippen LogP contribution in [0.3, 0.4) is 0 Å². The van der Waals surface area contributed by atoms with E-state index < -0.39 is 22.1 Å². The molecule has 0 aliphatic rings. The Morgan fingerprint density at radius 1 is 1.00 bits per heavy atom. The highest BCUT2D eigenvalue weighted by atomic mass is 16.6. The molecular formula is C31H37N3O8. The number of hydrogen-bond donors (Lipinski definition) is 0. The van der Waals surface area contributed by atoms with Crippen LogP contribution in [0.1, 0.15) is 68.8 Å². The molecule has 11 nitrogen and oxygen atoms in total. The summed E-state index contributed by atoms with van der Waals surface area (Å²) in [6, 6.07) is 11.2. The van der Waals surface area contributed by atoms with Crippen LogP contribution < -0.4 is 16.0 Å². The van der Waals surface area contributed by atoms with Crippen molar-refractivity contribution in [1.82, 2.24) is 9.47 Å². The predicted molar refractivity (Wildman–Crippen MR) is 159 cm³/mol. The molecule has 2 aromatic heterocycles. The summed E-state index contributed by atoms with van der Waals surface area (Å²) in [6.45, 7) is 9.87. The number of fused-ring (bicyclic) bond motifs is 3. The van der Waals surface area contributed by atoms with E-state index in [9.17, 15) is 24.5 Å². The monoisotopic (exact) mass is 579 g/mol. The van der Waals surface area contributed by atoms with Crippen LogP contribution >= 0.6 is 0 Å². The van der Waals surface area contributed by atoms with Crippen molar-refractivity contribution in [3.8, 4) is 5.75 Å². The zero-order valence-electron chi connectivity index (χ0n) is 24.3. The summed E-state index contributed by atoms with van der Waals surface area (Å²) in [6.07, 6.45) is 5.66. The summed E-state index contributed by atoms with van der Waals surface area (Å²) in [5, 5.41) is 11.9. The van der Waals surface area contributed by atoms with Crippen LogP contribution in [0.25, 0.3) is 16.6 Å². The average molecular weight is 580 g/mol. The third kappa shape index (κ3) is 6.96. The Bertz CT molecular complexity index is 1640. The predicted octanol–water partition coefficient (Wildman–Crippen LogP) is 5.64. The van der Waals surface area contributed by atoms with Crippen LogP contribution in [0.2, 0.25) is 0 Å². The van der Waals surface area contributed by atoms with Crippen molar-refractivity contribution >= 4 is 28.1 Å². The number of aromatic nitrogens is 1. The van der Waals surface area contributed by atoms with Gasteiger partial charge in [0.15, 0.2) is 5.78 Å². The van der Waals surface area contributed by atoms with Crippen molar-refractivity contribution < 1.29 is 23.4 Å². The Kier molecular flexibility index (Phi) is 10.3. The molecule has 0 aliphatic heterocycles. The highest BCUT2D eigenvalue weighted by Crippen LogP contribution is 2.35. The second-order valence-electron chi connectivity index (χ2n) is 10.5. The molecule has 224 valence electrons. The SMILES string of the molecule is CCCCN(CCCC)CCCOc1ccc(C(=O)C(C)Cc2c3c([N+](=O)[O-])cccc3n3oc(=O)c(=O)oc23)cc1. The molecule has 0 fully saturated rings. The van der Waals surface area contributed by atoms with Gasteiger partial charge < -0.3 is 18.6 Å². The van der Waals surface area contributed by atoms with Crippen molar-refractivity contribution in [3.05, 3.63) is 84.5 Å². The second-order valence-corrected chi connectivity index (χ2v) is 10.5. The first-order valence-corrected chi connectivity index (χ1v) is 14.5. The number of nitrogens with zero attached hydrogens (tertiary/aromatic N) is 3. The van der Waals surface area contributed by atoms with Gasteiger partial charge in [0.05, 0.1) is 22.4 Å². The van der Waals surface area contributed by atoms with Gasteiger partial charge in [0.1, 0.15) is 5.75 Å². The number of rotatable bonds is 16. The fourth-order valence-electron chi connectivity index (χ4n) is 5.11. The summed E-state index contributed by atoms with van der Waals surface area (Å²) < 4.78 is 17.2. The molecule has 0 saturated heterocycles. The van der Waals surface area contributed by atoms with Crippen LogP contribution in [-0.2, 0) is 6.42 Å². The number of ether oxygens (including phenoxy) is 1. The van der Waals surface area contributed by atoms with E-state index in [2.05, 4.69) is 18.7 Å². The largest absolute Gasteiger partial charge is 0.494 e. The number of hydrogen-bond acceptors (Lipinski definition) is 9. The molecule has 1 unspecified atom stereocenters. The smallest absolute Gasteiger partial charge is 0.442 e.